The minimum atomic E-state index is -0.587. The van der Waals surface area contributed by atoms with Crippen molar-refractivity contribution >= 4 is 27.5 Å². The highest BCUT2D eigenvalue weighted by molar-refractivity contribution is 9.10. The molecule has 0 aliphatic rings. The molecule has 0 atom stereocenters. The third-order valence-corrected chi connectivity index (χ3v) is 3.14. The van der Waals surface area contributed by atoms with Crippen molar-refractivity contribution in [3.8, 4) is 0 Å². The molecule has 18 heavy (non-hydrogen) atoms. The first-order valence-electron chi connectivity index (χ1n) is 6.04. The van der Waals surface area contributed by atoms with Crippen LogP contribution in [0.1, 0.15) is 49.4 Å². The van der Waals surface area contributed by atoms with Crippen molar-refractivity contribution in [1.29, 1.82) is 0 Å². The van der Waals surface area contributed by atoms with Gasteiger partial charge in [0.2, 0.25) is 0 Å². The van der Waals surface area contributed by atoms with Gasteiger partial charge in [0.1, 0.15) is 11.6 Å². The number of ketones is 2. The molecule has 0 spiro atoms. The van der Waals surface area contributed by atoms with Crippen LogP contribution in [-0.4, -0.2) is 11.6 Å². The van der Waals surface area contributed by atoms with E-state index in [1.165, 1.54) is 12.1 Å². The molecule has 0 amide bonds. The molecule has 1 rings (SSSR count). The van der Waals surface area contributed by atoms with Crippen LogP contribution in [0, 0.1) is 5.82 Å². The number of benzene rings is 1. The van der Waals surface area contributed by atoms with Gasteiger partial charge >= 0.3 is 0 Å². The summed E-state index contributed by atoms with van der Waals surface area (Å²) >= 11 is 3.12. The first-order valence-corrected chi connectivity index (χ1v) is 6.84. The predicted molar refractivity (Wildman–Crippen MR) is 72.2 cm³/mol. The quantitative estimate of drug-likeness (QED) is 0.427. The maximum Gasteiger partial charge on any atom is 0.173 e. The molecule has 0 radical (unpaired) electrons. The van der Waals surface area contributed by atoms with Crippen LogP contribution in [0.15, 0.2) is 22.7 Å². The molecule has 1 aromatic carbocycles. The molecular formula is C14H16BrFO2. The Morgan fingerprint density at radius 1 is 1.28 bits per heavy atom. The third-order valence-electron chi connectivity index (χ3n) is 2.65. The average molecular weight is 315 g/mol. The lowest BCUT2D eigenvalue weighted by Gasteiger charge is -2.03. The fourth-order valence-electron chi connectivity index (χ4n) is 1.65. The SMILES string of the molecule is CCCCCC(=O)CC(=O)c1ccc(Br)cc1F. The van der Waals surface area contributed by atoms with E-state index in [0.29, 0.717) is 10.9 Å². The Morgan fingerprint density at radius 2 is 2.00 bits per heavy atom. The van der Waals surface area contributed by atoms with Crippen LogP contribution in [-0.2, 0) is 4.79 Å². The second-order valence-corrected chi connectivity index (χ2v) is 5.14. The Labute approximate surface area is 115 Å². The summed E-state index contributed by atoms with van der Waals surface area (Å²) in [5, 5.41) is 0. The van der Waals surface area contributed by atoms with E-state index in [9.17, 15) is 14.0 Å². The monoisotopic (exact) mass is 314 g/mol. The first kappa shape index (κ1) is 15.0. The van der Waals surface area contributed by atoms with Gasteiger partial charge in [-0.2, -0.15) is 0 Å². The van der Waals surface area contributed by atoms with E-state index in [1.807, 2.05) is 6.92 Å². The van der Waals surface area contributed by atoms with Gasteiger partial charge in [-0.25, -0.2) is 4.39 Å². The molecular weight excluding hydrogens is 299 g/mol. The number of carbonyl (C=O) groups is 2. The highest BCUT2D eigenvalue weighted by Crippen LogP contribution is 2.17. The summed E-state index contributed by atoms with van der Waals surface area (Å²) in [6.07, 6.45) is 3.00. The fraction of sp³-hybridized carbons (Fsp3) is 0.429. The molecule has 0 heterocycles. The zero-order chi connectivity index (χ0) is 13.5. The summed E-state index contributed by atoms with van der Waals surface area (Å²) in [6, 6.07) is 4.23. The van der Waals surface area contributed by atoms with Crippen LogP contribution in [0.5, 0.6) is 0 Å². The van der Waals surface area contributed by atoms with Crippen molar-refractivity contribution in [3.63, 3.8) is 0 Å². The topological polar surface area (TPSA) is 34.1 Å². The van der Waals surface area contributed by atoms with Crippen LogP contribution in [0.25, 0.3) is 0 Å². The van der Waals surface area contributed by atoms with E-state index in [2.05, 4.69) is 15.9 Å². The van der Waals surface area contributed by atoms with Crippen molar-refractivity contribution in [3.05, 3.63) is 34.1 Å². The van der Waals surface area contributed by atoms with Crippen molar-refractivity contribution < 1.29 is 14.0 Å². The zero-order valence-electron chi connectivity index (χ0n) is 10.3. The Kier molecular flexibility index (Phi) is 6.19. The lowest BCUT2D eigenvalue weighted by atomic mass is 10.0. The van der Waals surface area contributed by atoms with Gasteiger partial charge in [0.15, 0.2) is 5.78 Å². The maximum absolute atomic E-state index is 13.5. The standard InChI is InChI=1S/C14H16BrFO2/c1-2-3-4-5-11(17)9-14(18)12-7-6-10(15)8-13(12)16/h6-8H,2-5,9H2,1H3. The summed E-state index contributed by atoms with van der Waals surface area (Å²) in [5.74, 6) is -1.15. The Balaban J connectivity index is 2.57. The highest BCUT2D eigenvalue weighted by atomic mass is 79.9. The van der Waals surface area contributed by atoms with Gasteiger partial charge in [-0.1, -0.05) is 35.7 Å². The smallest absolute Gasteiger partial charge is 0.173 e. The van der Waals surface area contributed by atoms with E-state index in [0.717, 1.165) is 19.3 Å². The molecule has 98 valence electrons. The molecule has 0 fully saturated rings. The molecule has 0 aliphatic heterocycles. The first-order chi connectivity index (χ1) is 8.54. The van der Waals surface area contributed by atoms with Gasteiger partial charge in [0, 0.05) is 10.9 Å². The number of hydrogen-bond donors (Lipinski definition) is 0. The minimum absolute atomic E-state index is 0.0120. The molecule has 0 unspecified atom stereocenters. The Hall–Kier alpha value is -1.03. The molecule has 0 saturated heterocycles. The van der Waals surface area contributed by atoms with Crippen LogP contribution in [0.2, 0.25) is 0 Å². The van der Waals surface area contributed by atoms with Crippen LogP contribution in [0.4, 0.5) is 4.39 Å². The largest absolute Gasteiger partial charge is 0.299 e. The van der Waals surface area contributed by atoms with Crippen LogP contribution >= 0.6 is 15.9 Å². The Bertz CT molecular complexity index is 443. The van der Waals surface area contributed by atoms with E-state index >= 15 is 0 Å². The van der Waals surface area contributed by atoms with Gasteiger partial charge in [-0.05, 0) is 24.6 Å². The lowest BCUT2D eigenvalue weighted by molar-refractivity contribution is -0.118. The van der Waals surface area contributed by atoms with Gasteiger partial charge in [-0.3, -0.25) is 9.59 Å². The second kappa shape index (κ2) is 7.41. The van der Waals surface area contributed by atoms with Crippen LogP contribution in [0.3, 0.4) is 0 Å². The van der Waals surface area contributed by atoms with Crippen molar-refractivity contribution in [2.24, 2.45) is 0 Å². The molecule has 0 aromatic heterocycles. The summed E-state index contributed by atoms with van der Waals surface area (Å²) in [4.78, 5) is 23.3. The molecule has 4 heteroatoms. The molecule has 2 nitrogen and oxygen atoms in total. The van der Waals surface area contributed by atoms with Gasteiger partial charge in [-0.15, -0.1) is 0 Å². The Morgan fingerprint density at radius 3 is 2.61 bits per heavy atom. The fourth-order valence-corrected chi connectivity index (χ4v) is 1.98. The van der Waals surface area contributed by atoms with E-state index in [4.69, 9.17) is 0 Å². The molecule has 0 bridgehead atoms. The van der Waals surface area contributed by atoms with E-state index in [1.54, 1.807) is 6.07 Å². The summed E-state index contributed by atoms with van der Waals surface area (Å²) < 4.78 is 14.1. The van der Waals surface area contributed by atoms with Crippen LogP contribution < -0.4 is 0 Å². The number of halogens is 2. The average Bonchev–Trinajstić information content (AvgIpc) is 2.28. The van der Waals surface area contributed by atoms with Gasteiger partial charge in [0.05, 0.1) is 12.0 Å². The maximum atomic E-state index is 13.5. The summed E-state index contributed by atoms with van der Waals surface area (Å²) in [6.45, 7) is 2.05. The number of rotatable bonds is 7. The molecule has 1 aromatic rings. The molecule has 0 N–H and O–H groups in total. The van der Waals surface area contributed by atoms with Crippen molar-refractivity contribution in [2.45, 2.75) is 39.0 Å². The van der Waals surface area contributed by atoms with Gasteiger partial charge < -0.3 is 0 Å². The zero-order valence-corrected chi connectivity index (χ0v) is 11.9. The second-order valence-electron chi connectivity index (χ2n) is 4.22. The lowest BCUT2D eigenvalue weighted by Crippen LogP contribution is -2.09. The minimum Gasteiger partial charge on any atom is -0.299 e. The number of carbonyl (C=O) groups excluding carboxylic acids is 2. The van der Waals surface area contributed by atoms with E-state index < -0.39 is 11.6 Å². The normalized spacial score (nSPS) is 10.4. The summed E-state index contributed by atoms with van der Waals surface area (Å²) in [7, 11) is 0. The third kappa shape index (κ3) is 4.69. The predicted octanol–water partition coefficient (Wildman–Crippen LogP) is 4.31. The number of unbranched alkanes of at least 4 members (excludes halogenated alkanes) is 2. The van der Waals surface area contributed by atoms with Crippen molar-refractivity contribution in [2.75, 3.05) is 0 Å². The van der Waals surface area contributed by atoms with Crippen molar-refractivity contribution in [1.82, 2.24) is 0 Å². The molecule has 0 aliphatic carbocycles. The van der Waals surface area contributed by atoms with E-state index in [-0.39, 0.29) is 17.8 Å². The highest BCUT2D eigenvalue weighted by Gasteiger charge is 2.15. The molecule has 0 saturated carbocycles. The number of Topliss-reactive ketones (excluding diaryl/α,β-unsaturated/α-hetero) is 2. The number of hydrogen-bond acceptors (Lipinski definition) is 2. The van der Waals surface area contributed by atoms with Gasteiger partial charge in [0.25, 0.3) is 0 Å². The summed E-state index contributed by atoms with van der Waals surface area (Å²) in [5.41, 5.74) is -0.0120.